The van der Waals surface area contributed by atoms with Crippen LogP contribution in [0.25, 0.3) is 5.76 Å². The molecule has 0 aliphatic carbocycles. The second-order valence-corrected chi connectivity index (χ2v) is 7.38. The average molecular weight is 409 g/mol. The van der Waals surface area contributed by atoms with Gasteiger partial charge in [0.05, 0.1) is 24.8 Å². The Morgan fingerprint density at radius 2 is 1.97 bits per heavy atom. The summed E-state index contributed by atoms with van der Waals surface area (Å²) in [5.74, 6) is -1.50. The molecule has 2 atom stereocenters. The van der Waals surface area contributed by atoms with E-state index in [1.54, 1.807) is 42.5 Å². The van der Waals surface area contributed by atoms with Crippen LogP contribution in [-0.2, 0) is 14.3 Å². The van der Waals surface area contributed by atoms with Crippen LogP contribution < -0.4 is 4.74 Å². The number of methoxy groups -OCH3 is 1. The number of carbonyl (C=O) groups excluding carboxylic acids is 2. The third-order valence-corrected chi connectivity index (χ3v) is 5.53. The minimum Gasteiger partial charge on any atom is -0.507 e. The van der Waals surface area contributed by atoms with Gasteiger partial charge in [0.1, 0.15) is 5.76 Å². The van der Waals surface area contributed by atoms with Gasteiger partial charge in [-0.05, 0) is 30.5 Å². The van der Waals surface area contributed by atoms with Crippen molar-refractivity contribution in [3.05, 3.63) is 65.2 Å². The molecule has 0 bridgehead atoms. The van der Waals surface area contributed by atoms with Crippen LogP contribution in [0.1, 0.15) is 30.0 Å². The fraction of sp³-hybridized carbons (Fsp3) is 0.304. The molecule has 2 fully saturated rings. The first-order chi connectivity index (χ1) is 14.5. The van der Waals surface area contributed by atoms with Crippen molar-refractivity contribution >= 4 is 17.4 Å². The first-order valence-electron chi connectivity index (χ1n) is 9.83. The molecule has 2 aromatic rings. The van der Waals surface area contributed by atoms with E-state index in [1.165, 1.54) is 18.1 Å². The fourth-order valence-electron chi connectivity index (χ4n) is 4.04. The molecule has 2 saturated heterocycles. The Morgan fingerprint density at radius 1 is 1.20 bits per heavy atom. The number of hydrogen-bond acceptors (Lipinski definition) is 6. The van der Waals surface area contributed by atoms with Gasteiger partial charge in [-0.1, -0.05) is 36.4 Å². The Kier molecular flexibility index (Phi) is 5.46. The summed E-state index contributed by atoms with van der Waals surface area (Å²) in [6, 6.07) is 12.5. The highest BCUT2D eigenvalue weighted by molar-refractivity contribution is 6.46. The molecule has 0 saturated carbocycles. The number of ether oxygens (including phenoxy) is 2. The Hall–Kier alpha value is -3.32. The molecule has 4 rings (SSSR count). The number of hydrogen-bond donors (Lipinski definition) is 2. The van der Waals surface area contributed by atoms with Crippen molar-refractivity contribution < 1.29 is 29.3 Å². The number of phenols is 1. The van der Waals surface area contributed by atoms with Crippen molar-refractivity contribution in [1.82, 2.24) is 4.90 Å². The lowest BCUT2D eigenvalue weighted by molar-refractivity contribution is -0.140. The largest absolute Gasteiger partial charge is 0.507 e. The van der Waals surface area contributed by atoms with E-state index in [-0.39, 0.29) is 35.5 Å². The molecule has 2 unspecified atom stereocenters. The van der Waals surface area contributed by atoms with Gasteiger partial charge in [0.2, 0.25) is 0 Å². The zero-order chi connectivity index (χ0) is 21.3. The van der Waals surface area contributed by atoms with Gasteiger partial charge in [-0.2, -0.15) is 0 Å². The summed E-state index contributed by atoms with van der Waals surface area (Å²) < 4.78 is 10.9. The number of benzene rings is 2. The van der Waals surface area contributed by atoms with E-state index in [0.29, 0.717) is 17.7 Å². The van der Waals surface area contributed by atoms with Crippen molar-refractivity contribution in [1.29, 1.82) is 0 Å². The van der Waals surface area contributed by atoms with Crippen LogP contribution in [0.2, 0.25) is 0 Å². The summed E-state index contributed by atoms with van der Waals surface area (Å²) in [5, 5.41) is 20.9. The standard InChI is InChI=1S/C23H23NO6/c1-29-18-12-15(9-10-17(18)25)20-19(21(26)14-6-3-2-4-7-14)22(27)23(28)24(20)13-16-8-5-11-30-16/h2-4,6-7,9-10,12,16,20,25-26H,5,8,11,13H2,1H3/b21-19+. The van der Waals surface area contributed by atoms with E-state index in [0.717, 1.165) is 12.8 Å². The zero-order valence-corrected chi connectivity index (χ0v) is 16.6. The zero-order valence-electron chi connectivity index (χ0n) is 16.6. The molecule has 1 amide bonds. The minimum absolute atomic E-state index is 0.0111. The van der Waals surface area contributed by atoms with Crippen LogP contribution in [0.4, 0.5) is 0 Å². The van der Waals surface area contributed by atoms with E-state index in [1.807, 2.05) is 0 Å². The third-order valence-electron chi connectivity index (χ3n) is 5.53. The molecule has 30 heavy (non-hydrogen) atoms. The predicted molar refractivity (Wildman–Crippen MR) is 109 cm³/mol. The first kappa shape index (κ1) is 20.0. The molecule has 7 nitrogen and oxygen atoms in total. The smallest absolute Gasteiger partial charge is 0.295 e. The molecule has 2 N–H and O–H groups in total. The Labute approximate surface area is 174 Å². The number of rotatable bonds is 5. The summed E-state index contributed by atoms with van der Waals surface area (Å²) in [6.07, 6.45) is 1.53. The first-order valence-corrected chi connectivity index (χ1v) is 9.83. The van der Waals surface area contributed by atoms with Crippen LogP contribution in [0.5, 0.6) is 11.5 Å². The van der Waals surface area contributed by atoms with Crippen LogP contribution >= 0.6 is 0 Å². The molecule has 0 radical (unpaired) electrons. The van der Waals surface area contributed by atoms with E-state index in [4.69, 9.17) is 9.47 Å². The number of aromatic hydroxyl groups is 1. The maximum absolute atomic E-state index is 13.0. The van der Waals surface area contributed by atoms with Crippen LogP contribution in [0.15, 0.2) is 54.1 Å². The average Bonchev–Trinajstić information content (AvgIpc) is 3.37. The van der Waals surface area contributed by atoms with Gasteiger partial charge in [0.15, 0.2) is 11.5 Å². The number of ketones is 1. The van der Waals surface area contributed by atoms with E-state index in [9.17, 15) is 19.8 Å². The molecule has 156 valence electrons. The number of nitrogens with zero attached hydrogens (tertiary/aromatic N) is 1. The maximum atomic E-state index is 13.0. The molecule has 2 aliphatic heterocycles. The molecule has 2 aromatic carbocycles. The van der Waals surface area contributed by atoms with E-state index in [2.05, 4.69) is 0 Å². The highest BCUT2D eigenvalue weighted by atomic mass is 16.5. The topological polar surface area (TPSA) is 96.3 Å². The second-order valence-electron chi connectivity index (χ2n) is 7.38. The number of carbonyl (C=O) groups is 2. The lowest BCUT2D eigenvalue weighted by atomic mass is 9.95. The summed E-state index contributed by atoms with van der Waals surface area (Å²) in [6.45, 7) is 0.861. The van der Waals surface area contributed by atoms with Crippen LogP contribution in [-0.4, -0.2) is 53.2 Å². The number of amides is 1. The summed E-state index contributed by atoms with van der Waals surface area (Å²) in [5.41, 5.74) is 1.01. The number of aliphatic hydroxyl groups is 1. The number of phenolic OH excluding ortho intramolecular Hbond substituents is 1. The lowest BCUT2D eigenvalue weighted by Gasteiger charge is -2.27. The normalized spacial score (nSPS) is 23.2. The fourth-order valence-corrected chi connectivity index (χ4v) is 4.04. The van der Waals surface area contributed by atoms with Gasteiger partial charge in [0.25, 0.3) is 11.7 Å². The molecule has 7 heteroatoms. The van der Waals surface area contributed by atoms with Crippen molar-refractivity contribution in [3.63, 3.8) is 0 Å². The lowest BCUT2D eigenvalue weighted by Crippen LogP contribution is -2.36. The third kappa shape index (κ3) is 3.52. The van der Waals surface area contributed by atoms with Gasteiger partial charge >= 0.3 is 0 Å². The van der Waals surface area contributed by atoms with Crippen molar-refractivity contribution in [2.24, 2.45) is 0 Å². The Bertz CT molecular complexity index is 994. The van der Waals surface area contributed by atoms with E-state index < -0.39 is 17.7 Å². The van der Waals surface area contributed by atoms with Crippen molar-refractivity contribution in [2.45, 2.75) is 25.0 Å². The quantitative estimate of drug-likeness (QED) is 0.448. The predicted octanol–water partition coefficient (Wildman–Crippen LogP) is 3.00. The molecule has 2 heterocycles. The summed E-state index contributed by atoms with van der Waals surface area (Å²) in [4.78, 5) is 27.4. The molecular weight excluding hydrogens is 386 g/mol. The number of likely N-dealkylation sites (tertiary alicyclic amines) is 1. The Morgan fingerprint density at radius 3 is 2.63 bits per heavy atom. The van der Waals surface area contributed by atoms with E-state index >= 15 is 0 Å². The molecule has 0 spiro atoms. The van der Waals surface area contributed by atoms with Crippen LogP contribution in [0, 0.1) is 0 Å². The van der Waals surface area contributed by atoms with Crippen LogP contribution in [0.3, 0.4) is 0 Å². The molecule has 0 aromatic heterocycles. The van der Waals surface area contributed by atoms with Gasteiger partial charge in [0, 0.05) is 18.7 Å². The summed E-state index contributed by atoms with van der Waals surface area (Å²) >= 11 is 0. The number of aliphatic hydroxyl groups excluding tert-OH is 1. The van der Waals surface area contributed by atoms with Gasteiger partial charge in [-0.15, -0.1) is 0 Å². The molecular formula is C23H23NO6. The maximum Gasteiger partial charge on any atom is 0.295 e. The molecule has 2 aliphatic rings. The SMILES string of the molecule is COc1cc(C2/C(=C(\O)c3ccccc3)C(=O)C(=O)N2CC2CCCO2)ccc1O. The van der Waals surface area contributed by atoms with Gasteiger partial charge < -0.3 is 24.6 Å². The Balaban J connectivity index is 1.85. The highest BCUT2D eigenvalue weighted by Gasteiger charge is 2.47. The van der Waals surface area contributed by atoms with Gasteiger partial charge in [-0.25, -0.2) is 0 Å². The van der Waals surface area contributed by atoms with Crippen molar-refractivity contribution in [3.8, 4) is 11.5 Å². The van der Waals surface area contributed by atoms with Crippen molar-refractivity contribution in [2.75, 3.05) is 20.3 Å². The summed E-state index contributed by atoms with van der Waals surface area (Å²) in [7, 11) is 1.42. The number of Topliss-reactive ketones (excluding diaryl/α,β-unsaturated/α-hetero) is 1. The highest BCUT2D eigenvalue weighted by Crippen LogP contribution is 2.42. The minimum atomic E-state index is -0.816. The monoisotopic (exact) mass is 409 g/mol. The van der Waals surface area contributed by atoms with Gasteiger partial charge in [-0.3, -0.25) is 9.59 Å². The second kappa shape index (κ2) is 8.20.